The number of hydrogen-bond donors (Lipinski definition) is 2. The Kier molecular flexibility index (Phi) is 5.43. The fourth-order valence-corrected chi connectivity index (χ4v) is 2.59. The average molecular weight is 376 g/mol. The normalized spacial score (nSPS) is 16.9. The van der Waals surface area contributed by atoms with Gasteiger partial charge in [-0.25, -0.2) is 15.0 Å². The second-order valence-corrected chi connectivity index (χ2v) is 5.81. The highest BCUT2D eigenvalue weighted by Crippen LogP contribution is 2.16. The van der Waals surface area contributed by atoms with Crippen LogP contribution in [0.1, 0.15) is 19.3 Å². The molecule has 10 heteroatoms. The first-order valence-corrected chi connectivity index (χ1v) is 8.29. The van der Waals surface area contributed by atoms with Crippen molar-refractivity contribution in [3.05, 3.63) is 48.5 Å². The Morgan fingerprint density at radius 2 is 2.07 bits per heavy atom. The molecule has 8 nitrogen and oxygen atoms in total. The van der Waals surface area contributed by atoms with E-state index in [1.54, 1.807) is 31.2 Å². The van der Waals surface area contributed by atoms with Gasteiger partial charge >= 0.3 is 6.55 Å². The van der Waals surface area contributed by atoms with Gasteiger partial charge in [-0.2, -0.15) is 8.78 Å². The van der Waals surface area contributed by atoms with Crippen molar-refractivity contribution in [3.63, 3.8) is 0 Å². The molecule has 2 heterocycles. The molecule has 1 aromatic heterocycles. The number of nitrogens with zero attached hydrogens (tertiary/aromatic N) is 4. The molecule has 0 saturated carbocycles. The Bertz CT molecular complexity index is 852. The van der Waals surface area contributed by atoms with Gasteiger partial charge in [0.05, 0.1) is 5.69 Å². The summed E-state index contributed by atoms with van der Waals surface area (Å²) in [5.41, 5.74) is 3.28. The van der Waals surface area contributed by atoms with E-state index in [0.717, 1.165) is 4.57 Å². The van der Waals surface area contributed by atoms with Gasteiger partial charge < -0.3 is 5.32 Å². The summed E-state index contributed by atoms with van der Waals surface area (Å²) in [5.74, 6) is -0.691. The van der Waals surface area contributed by atoms with Crippen LogP contribution in [0, 0.1) is 0 Å². The summed E-state index contributed by atoms with van der Waals surface area (Å²) in [6, 6.07) is 8.07. The number of alkyl halides is 2. The van der Waals surface area contributed by atoms with Crippen LogP contribution in [0.5, 0.6) is 0 Å². The van der Waals surface area contributed by atoms with Gasteiger partial charge in [-0.3, -0.25) is 19.6 Å². The average Bonchev–Trinajstić information content (AvgIpc) is 3.13. The minimum atomic E-state index is -2.69. The number of para-hydroxylation sites is 1. The summed E-state index contributed by atoms with van der Waals surface area (Å²) in [7, 11) is 0. The predicted octanol–water partition coefficient (Wildman–Crippen LogP) is 1.28. The third-order valence-corrected chi connectivity index (χ3v) is 3.94. The van der Waals surface area contributed by atoms with E-state index in [9.17, 15) is 18.4 Å². The van der Waals surface area contributed by atoms with E-state index in [2.05, 4.69) is 20.7 Å². The quantitative estimate of drug-likeness (QED) is 0.794. The molecule has 1 aliphatic rings. The van der Waals surface area contributed by atoms with Crippen LogP contribution >= 0.6 is 0 Å². The highest BCUT2D eigenvalue weighted by molar-refractivity contribution is 6.39. The molecule has 0 saturated heterocycles. The van der Waals surface area contributed by atoms with Crippen molar-refractivity contribution in [1.29, 1.82) is 0 Å². The van der Waals surface area contributed by atoms with E-state index < -0.39 is 18.5 Å². The predicted molar refractivity (Wildman–Crippen MR) is 94.2 cm³/mol. The topological polar surface area (TPSA) is 91.6 Å². The van der Waals surface area contributed by atoms with E-state index in [0.29, 0.717) is 5.69 Å². The van der Waals surface area contributed by atoms with Gasteiger partial charge in [0.25, 0.3) is 11.8 Å². The second kappa shape index (κ2) is 7.94. The van der Waals surface area contributed by atoms with Crippen molar-refractivity contribution in [2.45, 2.75) is 25.9 Å². The molecule has 2 aromatic rings. The first-order chi connectivity index (χ1) is 13.0. The number of carbonyl (C=O) groups is 2. The molecule has 0 aliphatic carbocycles. The number of rotatable bonds is 6. The van der Waals surface area contributed by atoms with Crippen molar-refractivity contribution >= 4 is 23.3 Å². The van der Waals surface area contributed by atoms with Crippen LogP contribution in [-0.2, 0) is 16.0 Å². The lowest BCUT2D eigenvalue weighted by Crippen LogP contribution is -2.58. The van der Waals surface area contributed by atoms with Crippen LogP contribution < -0.4 is 15.8 Å². The molecule has 27 heavy (non-hydrogen) atoms. The maximum Gasteiger partial charge on any atom is 0.319 e. The molecule has 0 radical (unpaired) electrons. The molecule has 1 aliphatic heterocycles. The minimum absolute atomic E-state index is 0.0249. The third kappa shape index (κ3) is 4.10. The smallest absolute Gasteiger partial charge is 0.319 e. The summed E-state index contributed by atoms with van der Waals surface area (Å²) in [5, 5.41) is 3.86. The van der Waals surface area contributed by atoms with Crippen LogP contribution in [0.25, 0.3) is 0 Å². The summed E-state index contributed by atoms with van der Waals surface area (Å²) in [6.45, 7) is -1.00. The van der Waals surface area contributed by atoms with Gasteiger partial charge in [0.1, 0.15) is 11.9 Å². The van der Waals surface area contributed by atoms with Crippen LogP contribution in [0.2, 0.25) is 0 Å². The van der Waals surface area contributed by atoms with Crippen molar-refractivity contribution in [2.24, 2.45) is 4.99 Å². The Balaban J connectivity index is 1.63. The molecule has 2 amide bonds. The van der Waals surface area contributed by atoms with Crippen LogP contribution in [0.3, 0.4) is 0 Å². The standard InChI is InChI=1S/C17H18F2N6O2/c1-11-16(27)25(12-5-3-2-4-6-12)23-14(22-11)15(26)21-8-7-13-20-9-10-24(13)17(18)19/h2-6,9-11,17H,7-8H2,1H3,(H,21,26)(H,22,23). The number of carbonyl (C=O) groups excluding carboxylic acids is 2. The zero-order valence-corrected chi connectivity index (χ0v) is 14.5. The Labute approximate surface area is 153 Å². The number of anilines is 1. The summed E-state index contributed by atoms with van der Waals surface area (Å²) in [4.78, 5) is 32.6. The van der Waals surface area contributed by atoms with E-state index in [1.165, 1.54) is 17.4 Å². The number of halogens is 2. The molecule has 1 atom stereocenters. The minimum Gasteiger partial charge on any atom is -0.349 e. The number of aromatic nitrogens is 2. The summed E-state index contributed by atoms with van der Waals surface area (Å²) >= 11 is 0. The monoisotopic (exact) mass is 376 g/mol. The highest BCUT2D eigenvalue weighted by Gasteiger charge is 2.30. The van der Waals surface area contributed by atoms with E-state index in [1.807, 2.05) is 6.07 Å². The van der Waals surface area contributed by atoms with Gasteiger partial charge in [-0.1, -0.05) is 18.2 Å². The number of benzene rings is 1. The zero-order chi connectivity index (χ0) is 19.4. The molecule has 1 unspecified atom stereocenters. The third-order valence-electron chi connectivity index (χ3n) is 3.94. The highest BCUT2D eigenvalue weighted by atomic mass is 19.3. The molecule has 0 fully saturated rings. The first-order valence-electron chi connectivity index (χ1n) is 8.29. The van der Waals surface area contributed by atoms with E-state index in [4.69, 9.17) is 0 Å². The summed E-state index contributed by atoms with van der Waals surface area (Å²) < 4.78 is 26.3. The molecule has 2 N–H and O–H groups in total. The van der Waals surface area contributed by atoms with Gasteiger partial charge in [0, 0.05) is 25.4 Å². The number of aliphatic imine (C=N–C) groups is 1. The van der Waals surface area contributed by atoms with Crippen molar-refractivity contribution < 1.29 is 18.4 Å². The van der Waals surface area contributed by atoms with Crippen LogP contribution in [-0.4, -0.2) is 39.8 Å². The molecule has 142 valence electrons. The molecule has 0 spiro atoms. The Morgan fingerprint density at radius 3 is 2.78 bits per heavy atom. The number of imidazole rings is 1. The van der Waals surface area contributed by atoms with Crippen molar-refractivity contribution in [2.75, 3.05) is 11.6 Å². The van der Waals surface area contributed by atoms with Gasteiger partial charge in [-0.05, 0) is 19.1 Å². The lowest BCUT2D eigenvalue weighted by molar-refractivity contribution is -0.120. The van der Waals surface area contributed by atoms with E-state index in [-0.39, 0.29) is 30.5 Å². The molecule has 1 aromatic carbocycles. The number of hydrogen-bond acceptors (Lipinski definition) is 5. The Morgan fingerprint density at radius 1 is 1.33 bits per heavy atom. The molecular formula is C17H18F2N6O2. The fourth-order valence-electron chi connectivity index (χ4n) is 2.59. The van der Waals surface area contributed by atoms with Crippen LogP contribution in [0.4, 0.5) is 14.5 Å². The van der Waals surface area contributed by atoms with Crippen LogP contribution in [0.15, 0.2) is 47.7 Å². The van der Waals surface area contributed by atoms with Gasteiger partial charge in [0.15, 0.2) is 0 Å². The van der Waals surface area contributed by atoms with Gasteiger partial charge in [0.2, 0.25) is 5.84 Å². The van der Waals surface area contributed by atoms with Gasteiger partial charge in [-0.15, -0.1) is 0 Å². The first kappa shape index (κ1) is 18.5. The number of amidine groups is 1. The fraction of sp³-hybridized carbons (Fsp3) is 0.294. The maximum absolute atomic E-state index is 12.8. The number of amides is 2. The number of nitrogens with one attached hydrogen (secondary N) is 2. The second-order valence-electron chi connectivity index (χ2n) is 5.81. The SMILES string of the molecule is CC1N=C(C(=O)NCCc2nccn2C(F)F)NN(c2ccccc2)C1=O. The largest absolute Gasteiger partial charge is 0.349 e. The molecule has 0 bridgehead atoms. The zero-order valence-electron chi connectivity index (χ0n) is 14.5. The Hall–Kier alpha value is -3.30. The maximum atomic E-state index is 12.8. The molecule has 3 rings (SSSR count). The van der Waals surface area contributed by atoms with Crippen molar-refractivity contribution in [3.8, 4) is 0 Å². The van der Waals surface area contributed by atoms with Crippen molar-refractivity contribution in [1.82, 2.24) is 20.3 Å². The summed E-state index contributed by atoms with van der Waals surface area (Å²) in [6.07, 6.45) is 2.59. The molecular weight excluding hydrogens is 358 g/mol. The lowest BCUT2D eigenvalue weighted by Gasteiger charge is -2.30. The van der Waals surface area contributed by atoms with E-state index >= 15 is 0 Å². The lowest BCUT2D eigenvalue weighted by atomic mass is 10.2. The number of hydrazine groups is 1.